The lowest BCUT2D eigenvalue weighted by atomic mass is 9.73. The molecule has 1 fully saturated rings. The van der Waals surface area contributed by atoms with Crippen molar-refractivity contribution < 1.29 is 24.3 Å². The van der Waals surface area contributed by atoms with E-state index >= 15 is 0 Å². The molecule has 0 radical (unpaired) electrons. The minimum absolute atomic E-state index is 0.146. The maximum absolute atomic E-state index is 12.7. The quantitative estimate of drug-likeness (QED) is 0.477. The molecule has 1 aromatic carbocycles. The smallest absolute Gasteiger partial charge is 0.335 e. The van der Waals surface area contributed by atoms with E-state index < -0.39 is 11.9 Å². The number of carboxylic acid groups (broad SMARTS) is 1. The van der Waals surface area contributed by atoms with Gasteiger partial charge in [-0.3, -0.25) is 9.59 Å². The molecule has 26 heavy (non-hydrogen) atoms. The fourth-order valence-electron chi connectivity index (χ4n) is 3.76. The second-order valence-electron chi connectivity index (χ2n) is 6.65. The Hall–Kier alpha value is -2.50. The molecule has 0 heterocycles. The molecular formula is C20H25NO5. The van der Waals surface area contributed by atoms with Crippen LogP contribution in [0.15, 0.2) is 17.3 Å². The van der Waals surface area contributed by atoms with Crippen LogP contribution >= 0.6 is 0 Å². The van der Waals surface area contributed by atoms with Crippen LogP contribution in [0, 0.1) is 19.8 Å². The van der Waals surface area contributed by atoms with Gasteiger partial charge in [0, 0.05) is 12.8 Å². The van der Waals surface area contributed by atoms with Crippen molar-refractivity contribution in [2.24, 2.45) is 11.1 Å². The van der Waals surface area contributed by atoms with Crippen molar-refractivity contribution in [2.75, 3.05) is 6.61 Å². The van der Waals surface area contributed by atoms with Crippen LogP contribution in [0.1, 0.15) is 66.1 Å². The van der Waals surface area contributed by atoms with Gasteiger partial charge in [-0.2, -0.15) is 0 Å². The van der Waals surface area contributed by atoms with Gasteiger partial charge in [0.1, 0.15) is 24.1 Å². The van der Waals surface area contributed by atoms with Gasteiger partial charge in [-0.15, -0.1) is 0 Å². The molecule has 1 N–H and O–H groups in total. The van der Waals surface area contributed by atoms with Gasteiger partial charge >= 0.3 is 5.97 Å². The highest BCUT2D eigenvalue weighted by molar-refractivity contribution is 6.22. The molecule has 1 saturated carbocycles. The van der Waals surface area contributed by atoms with E-state index in [-0.39, 0.29) is 35.9 Å². The minimum Gasteiger partial charge on any atom is -0.478 e. The van der Waals surface area contributed by atoms with Crippen LogP contribution in [0.3, 0.4) is 0 Å². The van der Waals surface area contributed by atoms with E-state index in [1.54, 1.807) is 19.1 Å². The van der Waals surface area contributed by atoms with Crippen molar-refractivity contribution in [1.29, 1.82) is 0 Å². The Balaban J connectivity index is 2.31. The average molecular weight is 359 g/mol. The molecule has 6 nitrogen and oxygen atoms in total. The van der Waals surface area contributed by atoms with Crippen molar-refractivity contribution in [1.82, 2.24) is 0 Å². The van der Waals surface area contributed by atoms with Crippen molar-refractivity contribution in [3.63, 3.8) is 0 Å². The van der Waals surface area contributed by atoms with Crippen LogP contribution in [-0.2, 0) is 14.4 Å². The molecule has 1 aliphatic rings. The first-order valence-corrected chi connectivity index (χ1v) is 8.88. The van der Waals surface area contributed by atoms with E-state index in [1.165, 1.54) is 0 Å². The molecule has 1 aromatic rings. The number of hydrogen-bond acceptors (Lipinski definition) is 5. The number of carbonyl (C=O) groups excluding carboxylic acids is 2. The summed E-state index contributed by atoms with van der Waals surface area (Å²) in [4.78, 5) is 41.6. The van der Waals surface area contributed by atoms with E-state index in [0.717, 1.165) is 16.7 Å². The molecule has 0 unspecified atom stereocenters. The number of rotatable bonds is 6. The second-order valence-corrected chi connectivity index (χ2v) is 6.65. The molecule has 0 bridgehead atoms. The van der Waals surface area contributed by atoms with Gasteiger partial charge in [-0.25, -0.2) is 4.79 Å². The SMILES string of the molecule is CCON=C(CC)C1C(=O)CC(c2c(C)cc(C(=O)O)cc2C)CC1=O. The highest BCUT2D eigenvalue weighted by Gasteiger charge is 2.39. The van der Waals surface area contributed by atoms with E-state index in [9.17, 15) is 19.5 Å². The number of oxime groups is 1. The topological polar surface area (TPSA) is 93.0 Å². The van der Waals surface area contributed by atoms with E-state index in [2.05, 4.69) is 5.16 Å². The van der Waals surface area contributed by atoms with Crippen LogP contribution in [0.25, 0.3) is 0 Å². The van der Waals surface area contributed by atoms with Crippen molar-refractivity contribution in [3.05, 3.63) is 34.4 Å². The Labute approximate surface area is 153 Å². The predicted molar refractivity (Wildman–Crippen MR) is 97.7 cm³/mol. The molecule has 0 saturated heterocycles. The number of ketones is 2. The Bertz CT molecular complexity index is 724. The standard InChI is InChI=1S/C20H25NO5/c1-5-15(21-26-6-2)19-16(22)9-13(10-17(19)23)18-11(3)7-14(20(24)25)8-12(18)4/h7-8,13,19H,5-6,9-10H2,1-4H3,(H,24,25). The van der Waals surface area contributed by atoms with Crippen LogP contribution in [0.2, 0.25) is 0 Å². The number of aromatic carboxylic acids is 1. The molecular weight excluding hydrogens is 334 g/mol. The highest BCUT2D eigenvalue weighted by Crippen LogP contribution is 2.36. The van der Waals surface area contributed by atoms with Gasteiger partial charge in [-0.1, -0.05) is 12.1 Å². The molecule has 0 amide bonds. The van der Waals surface area contributed by atoms with E-state index in [0.29, 0.717) is 18.7 Å². The van der Waals surface area contributed by atoms with Gasteiger partial charge in [0.25, 0.3) is 0 Å². The monoisotopic (exact) mass is 359 g/mol. The summed E-state index contributed by atoms with van der Waals surface area (Å²) in [7, 11) is 0. The minimum atomic E-state index is -0.988. The number of carbonyl (C=O) groups is 3. The Morgan fingerprint density at radius 2 is 1.69 bits per heavy atom. The lowest BCUT2D eigenvalue weighted by Gasteiger charge is -2.29. The maximum Gasteiger partial charge on any atom is 0.335 e. The molecule has 140 valence electrons. The van der Waals surface area contributed by atoms with E-state index in [1.807, 2.05) is 20.8 Å². The number of carboxylic acids is 1. The normalized spacial score (nSPS) is 21.0. The van der Waals surface area contributed by atoms with Gasteiger partial charge < -0.3 is 9.94 Å². The van der Waals surface area contributed by atoms with Gasteiger partial charge in [0.15, 0.2) is 0 Å². The summed E-state index contributed by atoms with van der Waals surface area (Å²) in [5, 5.41) is 13.1. The predicted octanol–water partition coefficient (Wildman–Crippen LogP) is 3.44. The van der Waals surface area contributed by atoms with Crippen LogP contribution in [0.5, 0.6) is 0 Å². The van der Waals surface area contributed by atoms with Crippen LogP contribution in [-0.4, -0.2) is 35.0 Å². The zero-order valence-electron chi connectivity index (χ0n) is 15.7. The molecule has 0 aromatic heterocycles. The first-order chi connectivity index (χ1) is 12.3. The summed E-state index contributed by atoms with van der Waals surface area (Å²) >= 11 is 0. The van der Waals surface area contributed by atoms with Gasteiger partial charge in [0.2, 0.25) is 0 Å². The van der Waals surface area contributed by atoms with Crippen molar-refractivity contribution in [2.45, 2.75) is 52.9 Å². The van der Waals surface area contributed by atoms with Crippen molar-refractivity contribution >= 4 is 23.2 Å². The summed E-state index contributed by atoms with van der Waals surface area (Å²) in [6.07, 6.45) is 0.976. The molecule has 0 aliphatic heterocycles. The maximum atomic E-state index is 12.7. The summed E-state index contributed by atoms with van der Waals surface area (Å²) in [5.41, 5.74) is 3.19. The van der Waals surface area contributed by atoms with Crippen LogP contribution in [0.4, 0.5) is 0 Å². The molecule has 6 heteroatoms. The average Bonchev–Trinajstić information content (AvgIpc) is 2.56. The number of aryl methyl sites for hydroxylation is 2. The number of hydrogen-bond donors (Lipinski definition) is 1. The van der Waals surface area contributed by atoms with Crippen molar-refractivity contribution in [3.8, 4) is 0 Å². The highest BCUT2D eigenvalue weighted by atomic mass is 16.6. The summed E-state index contributed by atoms with van der Waals surface area (Å²) in [6, 6.07) is 3.19. The summed E-state index contributed by atoms with van der Waals surface area (Å²) < 4.78 is 0. The fourth-order valence-corrected chi connectivity index (χ4v) is 3.76. The molecule has 0 spiro atoms. The third-order valence-electron chi connectivity index (χ3n) is 4.79. The van der Waals surface area contributed by atoms with Crippen LogP contribution < -0.4 is 0 Å². The zero-order chi connectivity index (χ0) is 19.4. The van der Waals surface area contributed by atoms with E-state index in [4.69, 9.17) is 4.84 Å². The lowest BCUT2D eigenvalue weighted by Crippen LogP contribution is -2.38. The Kier molecular flexibility index (Phi) is 6.29. The van der Waals surface area contributed by atoms with Gasteiger partial charge in [0.05, 0.1) is 11.3 Å². The first kappa shape index (κ1) is 19.8. The summed E-state index contributed by atoms with van der Waals surface area (Å²) in [6.45, 7) is 7.68. The molecule has 1 aliphatic carbocycles. The summed E-state index contributed by atoms with van der Waals surface area (Å²) in [5.74, 6) is -2.32. The number of Topliss-reactive ketones (excluding diaryl/α,β-unsaturated/α-hetero) is 2. The lowest BCUT2D eigenvalue weighted by molar-refractivity contribution is -0.133. The van der Waals surface area contributed by atoms with Gasteiger partial charge in [-0.05, 0) is 61.9 Å². The second kappa shape index (κ2) is 8.25. The molecule has 2 rings (SSSR count). The fraction of sp³-hybridized carbons (Fsp3) is 0.500. The zero-order valence-corrected chi connectivity index (χ0v) is 15.7. The first-order valence-electron chi connectivity index (χ1n) is 8.88. The largest absolute Gasteiger partial charge is 0.478 e. The third kappa shape index (κ3) is 4.00. The Morgan fingerprint density at radius 3 is 2.12 bits per heavy atom. The number of nitrogens with zero attached hydrogens (tertiary/aromatic N) is 1. The molecule has 0 atom stereocenters. The third-order valence-corrected chi connectivity index (χ3v) is 4.79. The Morgan fingerprint density at radius 1 is 1.15 bits per heavy atom. The number of benzene rings is 1.